The molecule has 0 fully saturated rings. The van der Waals surface area contributed by atoms with E-state index in [4.69, 9.17) is 0 Å². The summed E-state index contributed by atoms with van der Waals surface area (Å²) in [6.45, 7) is 3.02. The van der Waals surface area contributed by atoms with Crippen LogP contribution in [0.3, 0.4) is 0 Å². The van der Waals surface area contributed by atoms with E-state index in [0.717, 1.165) is 22.1 Å². The Kier molecular flexibility index (Phi) is 6.60. The molecule has 0 radical (unpaired) electrons. The lowest BCUT2D eigenvalue weighted by Gasteiger charge is -2.20. The minimum absolute atomic E-state index is 0.0871. The molecule has 0 aliphatic heterocycles. The van der Waals surface area contributed by atoms with Gasteiger partial charge in [0.2, 0.25) is 0 Å². The summed E-state index contributed by atoms with van der Waals surface area (Å²) in [5.74, 6) is -0.495. The van der Waals surface area contributed by atoms with Crippen molar-refractivity contribution >= 4 is 22.9 Å². The van der Waals surface area contributed by atoms with Crippen LogP contribution in [0.2, 0.25) is 0 Å². The first-order valence-electron chi connectivity index (χ1n) is 10.4. The number of amides is 1. The van der Waals surface area contributed by atoms with Crippen molar-refractivity contribution in [3.63, 3.8) is 0 Å². The van der Waals surface area contributed by atoms with Crippen molar-refractivity contribution in [2.45, 2.75) is 32.2 Å². The third-order valence-electron chi connectivity index (χ3n) is 5.28. The lowest BCUT2D eigenvalue weighted by atomic mass is 9.98. The predicted molar refractivity (Wildman–Crippen MR) is 121 cm³/mol. The van der Waals surface area contributed by atoms with E-state index in [-0.39, 0.29) is 11.8 Å². The highest BCUT2D eigenvalue weighted by atomic mass is 32.1. The largest absolute Gasteiger partial charge is 0.416 e. The first kappa shape index (κ1) is 25.4. The van der Waals surface area contributed by atoms with Crippen molar-refractivity contribution in [1.82, 2.24) is 19.7 Å². The topological polar surface area (TPSA) is 72.7 Å². The van der Waals surface area contributed by atoms with Gasteiger partial charge in [-0.2, -0.15) is 31.4 Å². The number of carbonyl (C=O) groups excluding carboxylic acids is 1. The Hall–Kier alpha value is -3.74. The third-order valence-corrected chi connectivity index (χ3v) is 6.46. The molecule has 4 rings (SSSR count). The Morgan fingerprint density at radius 1 is 1.08 bits per heavy atom. The second kappa shape index (κ2) is 9.37. The van der Waals surface area contributed by atoms with Crippen molar-refractivity contribution in [2.24, 2.45) is 0 Å². The molecule has 1 amide bonds. The van der Waals surface area contributed by atoms with Gasteiger partial charge in [-0.3, -0.25) is 14.5 Å². The average Bonchev–Trinajstić information content (AvgIpc) is 3.44. The molecule has 13 heteroatoms. The smallest absolute Gasteiger partial charge is 0.319 e. The van der Waals surface area contributed by atoms with Crippen LogP contribution < -0.4 is 5.32 Å². The standard InChI is InChI=1S/C23H17F6N5OS/c1-12-19(36-21(32-12)18-5-3-4-8-30-18)20(35)33-15-10-31-34(11-15)13(2)16-7-6-14(22(24,25)26)9-17(16)23(27,28)29/h3-11,13H,1-2H3,(H,33,35)/t13-/m0/s1. The molecule has 1 atom stereocenters. The number of thiazole rings is 1. The van der Waals surface area contributed by atoms with Crippen molar-refractivity contribution < 1.29 is 31.1 Å². The zero-order valence-electron chi connectivity index (χ0n) is 18.6. The van der Waals surface area contributed by atoms with Crippen molar-refractivity contribution in [2.75, 3.05) is 5.32 Å². The molecule has 0 aliphatic rings. The van der Waals surface area contributed by atoms with Crippen LogP contribution in [0.5, 0.6) is 0 Å². The molecule has 0 bridgehead atoms. The van der Waals surface area contributed by atoms with Gasteiger partial charge < -0.3 is 5.32 Å². The van der Waals surface area contributed by atoms with Gasteiger partial charge in [0.05, 0.1) is 40.4 Å². The normalized spacial score (nSPS) is 13.0. The van der Waals surface area contributed by atoms with Gasteiger partial charge in [0.25, 0.3) is 5.91 Å². The second-order valence-electron chi connectivity index (χ2n) is 7.79. The first-order chi connectivity index (χ1) is 16.8. The minimum atomic E-state index is -5.01. The SMILES string of the molecule is Cc1nc(-c2ccccn2)sc1C(=O)Nc1cnn([C@@H](C)c2ccc(C(F)(F)F)cc2C(F)(F)F)c1. The van der Waals surface area contributed by atoms with Crippen LogP contribution >= 0.6 is 11.3 Å². The molecule has 3 aromatic heterocycles. The number of alkyl halides is 6. The number of halogens is 6. The van der Waals surface area contributed by atoms with Crippen molar-refractivity contribution in [1.29, 1.82) is 0 Å². The summed E-state index contributed by atoms with van der Waals surface area (Å²) in [5, 5.41) is 7.17. The quantitative estimate of drug-likeness (QED) is 0.298. The van der Waals surface area contributed by atoms with E-state index < -0.39 is 41.0 Å². The van der Waals surface area contributed by atoms with E-state index in [2.05, 4.69) is 20.4 Å². The molecule has 1 aromatic carbocycles. The summed E-state index contributed by atoms with van der Waals surface area (Å²) >= 11 is 1.13. The van der Waals surface area contributed by atoms with Crippen molar-refractivity contribution in [3.05, 3.63) is 82.3 Å². The summed E-state index contributed by atoms with van der Waals surface area (Å²) < 4.78 is 80.7. The van der Waals surface area contributed by atoms with Gasteiger partial charge in [-0.1, -0.05) is 12.1 Å². The molecule has 6 nitrogen and oxygen atoms in total. The van der Waals surface area contributed by atoms with Gasteiger partial charge in [-0.05, 0) is 43.7 Å². The lowest BCUT2D eigenvalue weighted by Crippen LogP contribution is -2.17. The number of hydrogen-bond acceptors (Lipinski definition) is 5. The fraction of sp³-hybridized carbons (Fsp3) is 0.217. The Labute approximate surface area is 204 Å². The van der Waals surface area contributed by atoms with Crippen LogP contribution in [0.4, 0.5) is 32.0 Å². The highest BCUT2D eigenvalue weighted by Crippen LogP contribution is 2.40. The number of aryl methyl sites for hydroxylation is 1. The maximum absolute atomic E-state index is 13.6. The lowest BCUT2D eigenvalue weighted by molar-refractivity contribution is -0.143. The van der Waals surface area contributed by atoms with E-state index >= 15 is 0 Å². The molecule has 1 N–H and O–H groups in total. The van der Waals surface area contributed by atoms with E-state index in [9.17, 15) is 31.1 Å². The highest BCUT2D eigenvalue weighted by molar-refractivity contribution is 7.17. The molecular weight excluding hydrogens is 508 g/mol. The van der Waals surface area contributed by atoms with Gasteiger partial charge in [-0.15, -0.1) is 11.3 Å². The van der Waals surface area contributed by atoms with Crippen LogP contribution in [-0.2, 0) is 12.4 Å². The number of anilines is 1. The number of pyridine rings is 1. The molecule has 3 heterocycles. The molecule has 0 aliphatic carbocycles. The van der Waals surface area contributed by atoms with Crippen LogP contribution in [0, 0.1) is 6.92 Å². The first-order valence-corrected chi connectivity index (χ1v) is 11.2. The number of rotatable bonds is 5. The summed E-state index contributed by atoms with van der Waals surface area (Å²) in [4.78, 5) is 21.7. The number of benzene rings is 1. The fourth-order valence-corrected chi connectivity index (χ4v) is 4.43. The molecule has 0 unspecified atom stereocenters. The van der Waals surface area contributed by atoms with Gasteiger partial charge in [0, 0.05) is 12.4 Å². The van der Waals surface area contributed by atoms with Gasteiger partial charge >= 0.3 is 12.4 Å². The van der Waals surface area contributed by atoms with Gasteiger partial charge in [-0.25, -0.2) is 4.98 Å². The average molecular weight is 525 g/mol. The predicted octanol–water partition coefficient (Wildman–Crippen LogP) is 6.61. The minimum Gasteiger partial charge on any atom is -0.319 e. The van der Waals surface area contributed by atoms with E-state index in [1.54, 1.807) is 31.3 Å². The summed E-state index contributed by atoms with van der Waals surface area (Å²) in [7, 11) is 0. The molecule has 0 saturated heterocycles. The fourth-order valence-electron chi connectivity index (χ4n) is 3.49. The van der Waals surface area contributed by atoms with Crippen LogP contribution in [0.15, 0.2) is 55.0 Å². The summed E-state index contributed by atoms with van der Waals surface area (Å²) in [5.41, 5.74) is -1.94. The molecular formula is C23H17F6N5OS. The Morgan fingerprint density at radius 2 is 1.83 bits per heavy atom. The second-order valence-corrected chi connectivity index (χ2v) is 8.78. The highest BCUT2D eigenvalue weighted by Gasteiger charge is 2.39. The molecule has 0 spiro atoms. The van der Waals surface area contributed by atoms with Crippen LogP contribution in [0.1, 0.15) is 45.0 Å². The number of aromatic nitrogens is 4. The number of nitrogens with one attached hydrogen (secondary N) is 1. The van der Waals surface area contributed by atoms with Crippen LogP contribution in [-0.4, -0.2) is 25.7 Å². The molecule has 4 aromatic rings. The van der Waals surface area contributed by atoms with Crippen molar-refractivity contribution in [3.8, 4) is 10.7 Å². The van der Waals surface area contributed by atoms with Crippen LogP contribution in [0.25, 0.3) is 10.7 Å². The summed E-state index contributed by atoms with van der Waals surface area (Å²) in [6, 6.07) is 5.68. The maximum atomic E-state index is 13.6. The number of carbonyl (C=O) groups is 1. The van der Waals surface area contributed by atoms with E-state index in [1.165, 1.54) is 19.3 Å². The Morgan fingerprint density at radius 3 is 2.47 bits per heavy atom. The molecule has 0 saturated carbocycles. The van der Waals surface area contributed by atoms with Gasteiger partial charge in [0.15, 0.2) is 0 Å². The molecule has 188 valence electrons. The maximum Gasteiger partial charge on any atom is 0.416 e. The third kappa shape index (κ3) is 5.25. The Bertz CT molecular complexity index is 1390. The Balaban J connectivity index is 1.57. The number of hydrogen-bond donors (Lipinski definition) is 1. The monoisotopic (exact) mass is 525 g/mol. The zero-order chi connectivity index (χ0) is 26.3. The van der Waals surface area contributed by atoms with E-state index in [1.807, 2.05) is 0 Å². The molecule has 36 heavy (non-hydrogen) atoms. The number of nitrogens with zero attached hydrogens (tertiary/aromatic N) is 4. The van der Waals surface area contributed by atoms with E-state index in [0.29, 0.717) is 27.3 Å². The zero-order valence-corrected chi connectivity index (χ0v) is 19.5. The van der Waals surface area contributed by atoms with Gasteiger partial charge in [0.1, 0.15) is 9.88 Å². The summed E-state index contributed by atoms with van der Waals surface area (Å²) in [6.07, 6.45) is -5.79.